The molecular formula is C19H20N4O2S. The summed E-state index contributed by atoms with van der Waals surface area (Å²) in [6, 6.07) is 13.3. The van der Waals surface area contributed by atoms with E-state index in [-0.39, 0.29) is 5.91 Å². The molecule has 1 aliphatic rings. The maximum Gasteiger partial charge on any atom is 0.241 e. The van der Waals surface area contributed by atoms with Gasteiger partial charge in [-0.15, -0.1) is 10.2 Å². The smallest absolute Gasteiger partial charge is 0.241 e. The third-order valence-corrected chi connectivity index (χ3v) is 6.14. The third kappa shape index (κ3) is 3.03. The highest BCUT2D eigenvalue weighted by Crippen LogP contribution is 2.48. The van der Waals surface area contributed by atoms with Gasteiger partial charge in [0.15, 0.2) is 16.7 Å². The molecule has 0 unspecified atom stereocenters. The standard InChI is InChI=1S/C19H20N4O2S/c1-2-23-16(15-10-6-13-25-15)21-22-18(23)26-19(11-7-12-19)17(24)20-14-8-4-3-5-9-14/h3-6,8-10,13H,2,7,11-12H2,1H3,(H,20,24). The summed E-state index contributed by atoms with van der Waals surface area (Å²) in [6.45, 7) is 2.75. The van der Waals surface area contributed by atoms with Crippen molar-refractivity contribution in [2.45, 2.75) is 42.6 Å². The van der Waals surface area contributed by atoms with Crippen molar-refractivity contribution in [1.82, 2.24) is 14.8 Å². The number of aromatic nitrogens is 3. The fraction of sp³-hybridized carbons (Fsp3) is 0.316. The van der Waals surface area contributed by atoms with Crippen molar-refractivity contribution >= 4 is 23.4 Å². The molecule has 1 aromatic carbocycles. The number of para-hydroxylation sites is 1. The van der Waals surface area contributed by atoms with Crippen molar-refractivity contribution in [1.29, 1.82) is 0 Å². The minimum atomic E-state index is -0.490. The number of hydrogen-bond donors (Lipinski definition) is 1. The quantitative estimate of drug-likeness (QED) is 0.705. The van der Waals surface area contributed by atoms with Gasteiger partial charge in [-0.2, -0.15) is 0 Å². The summed E-state index contributed by atoms with van der Waals surface area (Å²) in [5, 5.41) is 12.4. The fourth-order valence-corrected chi connectivity index (χ4v) is 4.45. The Labute approximate surface area is 156 Å². The second kappa shape index (κ2) is 6.99. The fourth-order valence-electron chi connectivity index (χ4n) is 3.05. The third-order valence-electron chi connectivity index (χ3n) is 4.67. The second-order valence-electron chi connectivity index (χ2n) is 6.30. The molecule has 6 nitrogen and oxygen atoms in total. The van der Waals surface area contributed by atoms with E-state index in [2.05, 4.69) is 15.5 Å². The Morgan fingerprint density at radius 3 is 2.65 bits per heavy atom. The Bertz CT molecular complexity index is 886. The van der Waals surface area contributed by atoms with Crippen LogP contribution in [-0.4, -0.2) is 25.4 Å². The van der Waals surface area contributed by atoms with Gasteiger partial charge in [-0.3, -0.25) is 9.36 Å². The van der Waals surface area contributed by atoms with Crippen LogP contribution in [0.5, 0.6) is 0 Å². The highest BCUT2D eigenvalue weighted by Gasteiger charge is 2.46. The van der Waals surface area contributed by atoms with Gasteiger partial charge in [-0.05, 0) is 50.5 Å². The van der Waals surface area contributed by atoms with E-state index in [1.165, 1.54) is 11.8 Å². The van der Waals surface area contributed by atoms with Gasteiger partial charge in [-0.1, -0.05) is 30.0 Å². The zero-order valence-electron chi connectivity index (χ0n) is 14.5. The van der Waals surface area contributed by atoms with Gasteiger partial charge in [0.1, 0.15) is 4.75 Å². The van der Waals surface area contributed by atoms with Crippen LogP contribution in [0.25, 0.3) is 11.6 Å². The number of nitrogens with one attached hydrogen (secondary N) is 1. The summed E-state index contributed by atoms with van der Waals surface area (Å²) >= 11 is 1.51. The molecule has 134 valence electrons. The summed E-state index contributed by atoms with van der Waals surface area (Å²) in [5.74, 6) is 1.41. The van der Waals surface area contributed by atoms with Gasteiger partial charge in [-0.25, -0.2) is 0 Å². The molecule has 0 saturated heterocycles. The molecular weight excluding hydrogens is 348 g/mol. The second-order valence-corrected chi connectivity index (χ2v) is 7.65. The Morgan fingerprint density at radius 2 is 2.04 bits per heavy atom. The topological polar surface area (TPSA) is 73.0 Å². The van der Waals surface area contributed by atoms with Crippen LogP contribution in [0, 0.1) is 0 Å². The lowest BCUT2D eigenvalue weighted by Gasteiger charge is -2.38. The molecule has 0 atom stereocenters. The Kier molecular flexibility index (Phi) is 4.55. The van der Waals surface area contributed by atoms with Gasteiger partial charge in [0, 0.05) is 12.2 Å². The monoisotopic (exact) mass is 368 g/mol. The summed E-state index contributed by atoms with van der Waals surface area (Å²) in [7, 11) is 0. The zero-order chi connectivity index (χ0) is 18.0. The predicted octanol–water partition coefficient (Wildman–Crippen LogP) is 4.21. The molecule has 0 aliphatic heterocycles. The van der Waals surface area contributed by atoms with Crippen molar-refractivity contribution in [3.8, 4) is 11.6 Å². The van der Waals surface area contributed by atoms with Crippen LogP contribution < -0.4 is 5.32 Å². The van der Waals surface area contributed by atoms with E-state index in [4.69, 9.17) is 4.42 Å². The maximum atomic E-state index is 12.9. The van der Waals surface area contributed by atoms with Gasteiger partial charge >= 0.3 is 0 Å². The maximum absolute atomic E-state index is 12.9. The van der Waals surface area contributed by atoms with E-state index < -0.39 is 4.75 Å². The number of carbonyl (C=O) groups excluding carboxylic acids is 1. The Hall–Kier alpha value is -2.54. The predicted molar refractivity (Wildman–Crippen MR) is 101 cm³/mol. The van der Waals surface area contributed by atoms with Crippen molar-refractivity contribution in [2.24, 2.45) is 0 Å². The van der Waals surface area contributed by atoms with E-state index in [0.717, 1.165) is 30.1 Å². The summed E-state index contributed by atoms with van der Waals surface area (Å²) in [5.41, 5.74) is 0.817. The van der Waals surface area contributed by atoms with E-state index in [9.17, 15) is 4.79 Å². The first-order valence-corrected chi connectivity index (χ1v) is 9.56. The largest absolute Gasteiger partial charge is 0.461 e. The molecule has 1 aliphatic carbocycles. The molecule has 2 heterocycles. The van der Waals surface area contributed by atoms with Gasteiger partial charge in [0.05, 0.1) is 6.26 Å². The first-order chi connectivity index (χ1) is 12.7. The average molecular weight is 368 g/mol. The van der Waals surface area contributed by atoms with Crippen LogP contribution in [0.3, 0.4) is 0 Å². The highest BCUT2D eigenvalue weighted by molar-refractivity contribution is 8.01. The van der Waals surface area contributed by atoms with Crippen LogP contribution >= 0.6 is 11.8 Å². The molecule has 1 saturated carbocycles. The molecule has 7 heteroatoms. The summed E-state index contributed by atoms with van der Waals surface area (Å²) < 4.78 is 6.97. The molecule has 1 amide bonds. The summed E-state index contributed by atoms with van der Waals surface area (Å²) in [4.78, 5) is 12.9. The zero-order valence-corrected chi connectivity index (χ0v) is 15.3. The Morgan fingerprint density at radius 1 is 1.23 bits per heavy atom. The van der Waals surface area contributed by atoms with Crippen LogP contribution in [-0.2, 0) is 11.3 Å². The van der Waals surface area contributed by atoms with Gasteiger partial charge in [0.2, 0.25) is 5.91 Å². The van der Waals surface area contributed by atoms with Gasteiger partial charge in [0.25, 0.3) is 0 Å². The number of benzene rings is 1. The number of thioether (sulfide) groups is 1. The molecule has 1 N–H and O–H groups in total. The molecule has 0 spiro atoms. The number of amides is 1. The number of nitrogens with zero attached hydrogens (tertiary/aromatic N) is 3. The Balaban J connectivity index is 1.58. The van der Waals surface area contributed by atoms with Crippen molar-refractivity contribution in [3.05, 3.63) is 48.7 Å². The first-order valence-electron chi connectivity index (χ1n) is 8.74. The van der Waals surface area contributed by atoms with Crippen LogP contribution in [0.15, 0.2) is 58.3 Å². The molecule has 0 radical (unpaired) electrons. The lowest BCUT2D eigenvalue weighted by atomic mass is 9.83. The number of anilines is 1. The van der Waals surface area contributed by atoms with Crippen molar-refractivity contribution in [3.63, 3.8) is 0 Å². The lowest BCUT2D eigenvalue weighted by molar-refractivity contribution is -0.120. The van der Waals surface area contributed by atoms with Crippen molar-refractivity contribution < 1.29 is 9.21 Å². The van der Waals surface area contributed by atoms with E-state index in [0.29, 0.717) is 18.1 Å². The first kappa shape index (κ1) is 16.9. The number of furan rings is 1. The number of carbonyl (C=O) groups is 1. The van der Waals surface area contributed by atoms with Gasteiger partial charge < -0.3 is 9.73 Å². The summed E-state index contributed by atoms with van der Waals surface area (Å²) in [6.07, 6.45) is 4.34. The minimum Gasteiger partial charge on any atom is -0.461 e. The molecule has 1 fully saturated rings. The normalized spacial score (nSPS) is 15.4. The van der Waals surface area contributed by atoms with E-state index in [1.807, 2.05) is 54.0 Å². The number of rotatable bonds is 6. The SMILES string of the molecule is CCn1c(SC2(C(=O)Nc3ccccc3)CCC2)nnc1-c1ccco1. The molecule has 26 heavy (non-hydrogen) atoms. The molecule has 0 bridgehead atoms. The molecule has 2 aromatic heterocycles. The molecule has 3 aromatic rings. The van der Waals surface area contributed by atoms with Crippen LogP contribution in [0.1, 0.15) is 26.2 Å². The minimum absolute atomic E-state index is 0.0325. The highest BCUT2D eigenvalue weighted by atomic mass is 32.2. The van der Waals surface area contributed by atoms with E-state index in [1.54, 1.807) is 6.26 Å². The number of hydrogen-bond acceptors (Lipinski definition) is 5. The van der Waals surface area contributed by atoms with Crippen molar-refractivity contribution in [2.75, 3.05) is 5.32 Å². The molecule has 4 rings (SSSR count). The van der Waals surface area contributed by atoms with Crippen LogP contribution in [0.2, 0.25) is 0 Å². The lowest BCUT2D eigenvalue weighted by Crippen LogP contribution is -2.46. The van der Waals surface area contributed by atoms with Crippen LogP contribution in [0.4, 0.5) is 5.69 Å². The van der Waals surface area contributed by atoms with E-state index >= 15 is 0 Å². The average Bonchev–Trinajstić information content (AvgIpc) is 3.27.